The van der Waals surface area contributed by atoms with Crippen LogP contribution in [0.5, 0.6) is 17.2 Å². The van der Waals surface area contributed by atoms with Crippen molar-refractivity contribution in [1.29, 1.82) is 0 Å². The van der Waals surface area contributed by atoms with Gasteiger partial charge in [0.05, 0.1) is 39.4 Å². The number of phenolic OH excluding ortho intramolecular Hbond substituents is 3. The lowest BCUT2D eigenvalue weighted by Gasteiger charge is -2.31. The zero-order valence-electron chi connectivity index (χ0n) is 44.3. The predicted molar refractivity (Wildman–Crippen MR) is 289 cm³/mol. The molecule has 24 heteroatoms. The molecule has 0 aliphatic carbocycles. The summed E-state index contributed by atoms with van der Waals surface area (Å²) < 4.78 is 15.2. The molecule has 23 nitrogen and oxygen atoms in total. The molecule has 0 saturated carbocycles. The van der Waals surface area contributed by atoms with Crippen molar-refractivity contribution < 1.29 is 58.1 Å². The molecule has 11 N–H and O–H groups in total. The van der Waals surface area contributed by atoms with Crippen LogP contribution in [0.2, 0.25) is 0 Å². The zero-order chi connectivity index (χ0) is 56.6. The maximum Gasteiger partial charge on any atom is 0.255 e. The summed E-state index contributed by atoms with van der Waals surface area (Å²) in [6.07, 6.45) is 0. The monoisotopic (exact) mass is 1090 g/mol. The van der Waals surface area contributed by atoms with Gasteiger partial charge in [-0.15, -0.1) is 0 Å². The van der Waals surface area contributed by atoms with Gasteiger partial charge in [0.1, 0.15) is 23.9 Å². The lowest BCUT2D eigenvalue weighted by molar-refractivity contribution is 0.0885. The highest BCUT2D eigenvalue weighted by molar-refractivity contribution is 6.06. The minimum absolute atomic E-state index is 0.000177. The number of hydrogen-bond donors (Lipinski definition) is 11. The molecule has 4 aliphatic heterocycles. The molecule has 0 spiro atoms. The molecule has 0 aromatic heterocycles. The number of hydrogen-bond acceptors (Lipinski definition) is 15. The number of phenols is 3. The first-order valence-electron chi connectivity index (χ1n) is 26.3. The third-order valence-corrected chi connectivity index (χ3v) is 14.1. The van der Waals surface area contributed by atoms with Crippen LogP contribution in [0.1, 0.15) is 95.4 Å². The SMILES string of the molecule is Cc1c2cccc1C(=O)NC(C)CN1CCNC(=O)c3cccc(c3O)C(=O)NCCN(CCNC2=O)CCN2CCNC(=O)c3cccc(c3O)C(=O)NCCN(CC1)CC(CF)NC(=O)c1cccc(c1O)C(=O)NCC2. The number of carbonyl (C=O) groups is 8. The van der Waals surface area contributed by atoms with Gasteiger partial charge >= 0.3 is 0 Å². The third kappa shape index (κ3) is 15.5. The maximum absolute atomic E-state index is 15.2. The molecule has 6 unspecified atom stereocenters. The van der Waals surface area contributed by atoms with E-state index in [1.807, 2.05) is 14.7 Å². The standard InChI is InChI=1S/C55H69FN12O11/c1-34-32-67-25-19-61-51(75)41-11-4-9-39(45(41)69)49(73)58-16-22-65(21-15-57-48(72)37-7-3-8-38(35(37)2)54(78)63-34)27-28-66-23-17-59-50(74)40-10-5-12-42(46(40)70)52(76)62-20-26-68(30-29-67)33-36(31-56)64-55(79)44-14-6-13-43(47(44)71)53(77)60-18-24-66/h3-14,34,36,69-71H,15-33H2,1-2H3,(H,57,72)(H,58,73)(H,59,74)(H,60,77)(H,61,75)(H,62,76)(H,63,78)(H,64,79). The molecule has 0 saturated heterocycles. The van der Waals surface area contributed by atoms with Gasteiger partial charge in [-0.05, 0) is 67.9 Å². The molecule has 4 aliphatic rings. The molecule has 8 amide bonds. The van der Waals surface area contributed by atoms with Gasteiger partial charge in [0.15, 0.2) is 0 Å². The van der Waals surface area contributed by atoms with Crippen LogP contribution in [0, 0.1) is 6.92 Å². The Morgan fingerprint density at radius 1 is 0.392 bits per heavy atom. The third-order valence-electron chi connectivity index (χ3n) is 14.1. The largest absolute Gasteiger partial charge is 0.506 e. The number of carbonyl (C=O) groups excluding carboxylic acids is 8. The number of halogens is 1. The number of para-hydroxylation sites is 3. The van der Waals surface area contributed by atoms with Crippen LogP contribution in [0.3, 0.4) is 0 Å². The summed E-state index contributed by atoms with van der Waals surface area (Å²) in [5.74, 6) is -6.83. The normalized spacial score (nSPS) is 23.4. The van der Waals surface area contributed by atoms with E-state index < -0.39 is 83.3 Å². The Morgan fingerprint density at radius 3 is 1.01 bits per heavy atom. The molecule has 4 heterocycles. The summed E-state index contributed by atoms with van der Waals surface area (Å²) in [5, 5.41) is 56.6. The maximum atomic E-state index is 15.2. The highest BCUT2D eigenvalue weighted by Crippen LogP contribution is 2.25. The molecule has 79 heavy (non-hydrogen) atoms. The topological polar surface area (TPSA) is 306 Å². The van der Waals surface area contributed by atoms with Crippen molar-refractivity contribution >= 4 is 47.3 Å². The van der Waals surface area contributed by atoms with Gasteiger partial charge in [-0.3, -0.25) is 58.0 Å². The molecule has 4 aromatic rings. The lowest BCUT2D eigenvalue weighted by atomic mass is 10.0. The Morgan fingerprint density at radius 2 is 0.658 bits per heavy atom. The zero-order valence-corrected chi connectivity index (χ0v) is 44.3. The van der Waals surface area contributed by atoms with Crippen molar-refractivity contribution in [3.8, 4) is 17.2 Å². The lowest BCUT2D eigenvalue weighted by Crippen LogP contribution is -2.50. The highest BCUT2D eigenvalue weighted by atomic mass is 19.1. The molecule has 12 bridgehead atoms. The number of rotatable bonds is 1. The fourth-order valence-corrected chi connectivity index (χ4v) is 9.66. The van der Waals surface area contributed by atoms with Gasteiger partial charge in [-0.2, -0.15) is 0 Å². The van der Waals surface area contributed by atoms with Crippen molar-refractivity contribution in [1.82, 2.24) is 62.1 Å². The van der Waals surface area contributed by atoms with Crippen molar-refractivity contribution in [2.24, 2.45) is 0 Å². The van der Waals surface area contributed by atoms with Crippen molar-refractivity contribution in [2.75, 3.05) is 124 Å². The minimum Gasteiger partial charge on any atom is -0.506 e. The van der Waals surface area contributed by atoms with Gasteiger partial charge in [-0.25, -0.2) is 4.39 Å². The molecule has 422 valence electrons. The quantitative estimate of drug-likeness (QED) is 0.120. The highest BCUT2D eigenvalue weighted by Gasteiger charge is 2.27. The second kappa shape index (κ2) is 27.9. The Hall–Kier alpha value is -8.19. The first-order chi connectivity index (χ1) is 38.0. The van der Waals surface area contributed by atoms with E-state index >= 15 is 4.39 Å². The van der Waals surface area contributed by atoms with Crippen LogP contribution in [0.25, 0.3) is 0 Å². The van der Waals surface area contributed by atoms with Crippen LogP contribution in [0.15, 0.2) is 72.8 Å². The number of nitrogens with one attached hydrogen (secondary N) is 8. The Labute approximate surface area is 456 Å². The first kappa shape index (κ1) is 58.5. The summed E-state index contributed by atoms with van der Waals surface area (Å²) in [6.45, 7) is 4.36. The first-order valence-corrected chi connectivity index (χ1v) is 26.3. The molecule has 0 fully saturated rings. The van der Waals surface area contributed by atoms with Crippen molar-refractivity contribution in [3.63, 3.8) is 0 Å². The van der Waals surface area contributed by atoms with Gasteiger partial charge < -0.3 is 57.9 Å². The van der Waals surface area contributed by atoms with E-state index in [1.54, 1.807) is 36.9 Å². The Bertz CT molecular complexity index is 2910. The van der Waals surface area contributed by atoms with Gasteiger partial charge in [-0.1, -0.05) is 24.3 Å². The number of fused-ring (bicyclic) bond motifs is 16. The predicted octanol–water partition coefficient (Wildman–Crippen LogP) is 0.0262. The van der Waals surface area contributed by atoms with Gasteiger partial charge in [0.2, 0.25) is 0 Å². The number of benzene rings is 4. The van der Waals surface area contributed by atoms with Crippen LogP contribution >= 0.6 is 0 Å². The van der Waals surface area contributed by atoms with E-state index in [2.05, 4.69) is 42.5 Å². The molecular weight excluding hydrogens is 1020 g/mol. The van der Waals surface area contributed by atoms with Crippen LogP contribution in [-0.4, -0.2) is 219 Å². The molecule has 0 radical (unpaired) electrons. The van der Waals surface area contributed by atoms with Crippen LogP contribution in [0.4, 0.5) is 4.39 Å². The van der Waals surface area contributed by atoms with Gasteiger partial charge in [0, 0.05) is 135 Å². The van der Waals surface area contributed by atoms with E-state index in [0.29, 0.717) is 5.56 Å². The Balaban J connectivity index is 1.32. The summed E-state index contributed by atoms with van der Waals surface area (Å²) in [6, 6.07) is 15.6. The van der Waals surface area contributed by atoms with E-state index in [-0.39, 0.29) is 162 Å². The fourth-order valence-electron chi connectivity index (χ4n) is 9.66. The second-order valence-electron chi connectivity index (χ2n) is 19.6. The molecule has 8 rings (SSSR count). The van der Waals surface area contributed by atoms with Gasteiger partial charge in [0.25, 0.3) is 47.3 Å². The minimum atomic E-state index is -1.20. The van der Waals surface area contributed by atoms with E-state index in [4.69, 9.17) is 0 Å². The van der Waals surface area contributed by atoms with E-state index in [1.165, 1.54) is 54.6 Å². The fraction of sp³-hybridized carbons (Fsp3) is 0.418. The summed E-state index contributed by atoms with van der Waals surface area (Å²) in [5.41, 5.74) is -0.131. The van der Waals surface area contributed by atoms with E-state index in [9.17, 15) is 53.7 Å². The van der Waals surface area contributed by atoms with E-state index in [0.717, 1.165) is 0 Å². The average molecular weight is 1090 g/mol. The summed E-state index contributed by atoms with van der Waals surface area (Å²) >= 11 is 0. The number of aromatic hydroxyl groups is 3. The average Bonchev–Trinajstić information content (AvgIpc) is 3.42. The summed E-state index contributed by atoms with van der Waals surface area (Å²) in [4.78, 5) is 118. The van der Waals surface area contributed by atoms with Crippen molar-refractivity contribution in [2.45, 2.75) is 25.9 Å². The smallest absolute Gasteiger partial charge is 0.255 e. The Kier molecular flexibility index (Phi) is 20.7. The molecule has 6 atom stereocenters. The van der Waals surface area contributed by atoms with Crippen LogP contribution in [-0.2, 0) is 0 Å². The molecule has 4 aromatic carbocycles. The molecular formula is C55H69FN12O11. The number of alkyl halides is 1. The summed E-state index contributed by atoms with van der Waals surface area (Å²) in [7, 11) is 0. The number of nitrogens with zero attached hydrogens (tertiary/aromatic N) is 4. The van der Waals surface area contributed by atoms with Crippen molar-refractivity contribution in [3.05, 3.63) is 123 Å². The second-order valence-corrected chi connectivity index (χ2v) is 19.6. The number of amides is 8. The van der Waals surface area contributed by atoms with Crippen LogP contribution < -0.4 is 42.5 Å².